The first kappa shape index (κ1) is 17.3. The van der Waals surface area contributed by atoms with Gasteiger partial charge in [-0.2, -0.15) is 0 Å². The van der Waals surface area contributed by atoms with Crippen molar-refractivity contribution in [3.63, 3.8) is 0 Å². The normalized spacial score (nSPS) is 10.4. The first-order chi connectivity index (χ1) is 12.0. The molecule has 7 heteroatoms. The average molecular weight is 376 g/mol. The maximum absolute atomic E-state index is 11.3. The van der Waals surface area contributed by atoms with Crippen LogP contribution in [0, 0.1) is 0 Å². The van der Waals surface area contributed by atoms with Crippen molar-refractivity contribution >= 4 is 28.7 Å². The fraction of sp³-hybridized carbons (Fsp3) is 0.111. The number of halogens is 1. The largest absolute Gasteiger partial charge is 0.497 e. The second-order valence-electron chi connectivity index (χ2n) is 5.06. The standard InChI is InChI=1S/C18H14ClNO4S/c1-11(21)12-3-5-14(6-4-12)23-17-10-20-18(25-17)24-16-8-13(19)7-15(9-16)22-2/h3-10H,1-2H3. The van der Waals surface area contributed by atoms with Gasteiger partial charge in [0.25, 0.3) is 5.19 Å². The summed E-state index contributed by atoms with van der Waals surface area (Å²) in [4.78, 5) is 15.4. The van der Waals surface area contributed by atoms with Crippen LogP contribution in [0.15, 0.2) is 48.7 Å². The zero-order valence-corrected chi connectivity index (χ0v) is 15.1. The Hall–Kier alpha value is -2.57. The number of nitrogens with zero attached hydrogens (tertiary/aromatic N) is 1. The van der Waals surface area contributed by atoms with E-state index in [0.717, 1.165) is 0 Å². The number of ether oxygens (including phenoxy) is 3. The summed E-state index contributed by atoms with van der Waals surface area (Å²) in [6.07, 6.45) is 1.57. The Balaban J connectivity index is 1.70. The van der Waals surface area contributed by atoms with Gasteiger partial charge in [0.2, 0.25) is 5.06 Å². The summed E-state index contributed by atoms with van der Waals surface area (Å²) >= 11 is 7.26. The van der Waals surface area contributed by atoms with Gasteiger partial charge < -0.3 is 14.2 Å². The molecule has 25 heavy (non-hydrogen) atoms. The highest BCUT2D eigenvalue weighted by Gasteiger charge is 2.09. The van der Waals surface area contributed by atoms with Crippen LogP contribution in [0.25, 0.3) is 0 Å². The lowest BCUT2D eigenvalue weighted by Gasteiger charge is -2.05. The molecule has 2 aromatic carbocycles. The Morgan fingerprint density at radius 3 is 2.44 bits per heavy atom. The van der Waals surface area contributed by atoms with Crippen molar-refractivity contribution in [3.05, 3.63) is 59.2 Å². The van der Waals surface area contributed by atoms with E-state index in [0.29, 0.717) is 38.1 Å². The number of rotatable bonds is 6. The van der Waals surface area contributed by atoms with Crippen molar-refractivity contribution in [3.8, 4) is 27.5 Å². The van der Waals surface area contributed by atoms with E-state index in [4.69, 9.17) is 25.8 Å². The van der Waals surface area contributed by atoms with E-state index in [1.165, 1.54) is 18.3 Å². The molecule has 128 valence electrons. The molecular weight excluding hydrogens is 362 g/mol. The minimum atomic E-state index is 0.0111. The number of benzene rings is 2. The monoisotopic (exact) mass is 375 g/mol. The molecule has 0 fully saturated rings. The zero-order valence-electron chi connectivity index (χ0n) is 13.5. The van der Waals surface area contributed by atoms with E-state index in [2.05, 4.69) is 4.98 Å². The van der Waals surface area contributed by atoms with Crippen molar-refractivity contribution in [1.29, 1.82) is 0 Å². The Labute approximate surface area is 153 Å². The minimum Gasteiger partial charge on any atom is -0.497 e. The Morgan fingerprint density at radius 2 is 1.76 bits per heavy atom. The highest BCUT2D eigenvalue weighted by molar-refractivity contribution is 7.15. The van der Waals surface area contributed by atoms with E-state index in [-0.39, 0.29) is 5.78 Å². The molecule has 0 aliphatic heterocycles. The molecular formula is C18H14ClNO4S. The van der Waals surface area contributed by atoms with Gasteiger partial charge in [-0.3, -0.25) is 4.79 Å². The second-order valence-corrected chi connectivity index (χ2v) is 6.45. The fourth-order valence-electron chi connectivity index (χ4n) is 2.03. The quantitative estimate of drug-likeness (QED) is 0.525. The van der Waals surface area contributed by atoms with Crippen LogP contribution in [0.2, 0.25) is 5.02 Å². The molecule has 0 unspecified atom stereocenters. The van der Waals surface area contributed by atoms with Crippen LogP contribution in [0.1, 0.15) is 17.3 Å². The molecule has 5 nitrogen and oxygen atoms in total. The van der Waals surface area contributed by atoms with Crippen LogP contribution in [0.3, 0.4) is 0 Å². The third-order valence-corrected chi connectivity index (χ3v) is 4.20. The molecule has 0 radical (unpaired) electrons. The van der Waals surface area contributed by atoms with Crippen LogP contribution in [0.5, 0.6) is 27.5 Å². The van der Waals surface area contributed by atoms with Gasteiger partial charge in [-0.15, -0.1) is 0 Å². The second kappa shape index (κ2) is 7.55. The summed E-state index contributed by atoms with van der Waals surface area (Å²) in [7, 11) is 1.56. The van der Waals surface area contributed by atoms with Crippen molar-refractivity contribution in [2.24, 2.45) is 0 Å². The number of aromatic nitrogens is 1. The average Bonchev–Trinajstić information content (AvgIpc) is 3.01. The van der Waals surface area contributed by atoms with Crippen molar-refractivity contribution in [2.75, 3.05) is 7.11 Å². The van der Waals surface area contributed by atoms with Crippen LogP contribution in [0.4, 0.5) is 0 Å². The number of carbonyl (C=O) groups excluding carboxylic acids is 1. The lowest BCUT2D eigenvalue weighted by atomic mass is 10.1. The molecule has 0 saturated carbocycles. The first-order valence-electron chi connectivity index (χ1n) is 7.30. The van der Waals surface area contributed by atoms with Gasteiger partial charge in [0.05, 0.1) is 13.3 Å². The predicted molar refractivity (Wildman–Crippen MR) is 96.7 cm³/mol. The third kappa shape index (κ3) is 4.49. The lowest BCUT2D eigenvalue weighted by molar-refractivity contribution is 0.101. The molecule has 3 rings (SSSR count). The molecule has 0 saturated heterocycles. The van der Waals surface area contributed by atoms with E-state index in [9.17, 15) is 4.79 Å². The molecule has 0 N–H and O–H groups in total. The number of carbonyl (C=O) groups is 1. The van der Waals surface area contributed by atoms with Gasteiger partial charge in [-0.25, -0.2) is 4.98 Å². The molecule has 0 amide bonds. The maximum Gasteiger partial charge on any atom is 0.282 e. The van der Waals surface area contributed by atoms with Gasteiger partial charge in [-0.1, -0.05) is 11.6 Å². The summed E-state index contributed by atoms with van der Waals surface area (Å²) < 4.78 is 16.6. The van der Waals surface area contributed by atoms with Crippen LogP contribution in [-0.2, 0) is 0 Å². The van der Waals surface area contributed by atoms with Crippen LogP contribution in [-0.4, -0.2) is 17.9 Å². The summed E-state index contributed by atoms with van der Waals surface area (Å²) in [5, 5.41) is 1.49. The molecule has 0 spiro atoms. The SMILES string of the molecule is COc1cc(Cl)cc(Oc2ncc(Oc3ccc(C(C)=O)cc3)s2)c1. The Bertz CT molecular complexity index is 892. The van der Waals surface area contributed by atoms with E-state index < -0.39 is 0 Å². The number of ketones is 1. The topological polar surface area (TPSA) is 57.6 Å². The maximum atomic E-state index is 11.3. The van der Waals surface area contributed by atoms with E-state index in [1.807, 2.05) is 0 Å². The van der Waals surface area contributed by atoms with E-state index >= 15 is 0 Å². The highest BCUT2D eigenvalue weighted by atomic mass is 35.5. The molecule has 1 aromatic heterocycles. The van der Waals surface area contributed by atoms with Crippen LogP contribution < -0.4 is 14.2 Å². The minimum absolute atomic E-state index is 0.0111. The summed E-state index contributed by atoms with van der Waals surface area (Å²) in [5.74, 6) is 1.75. The highest BCUT2D eigenvalue weighted by Crippen LogP contribution is 2.36. The van der Waals surface area contributed by atoms with Crippen molar-refractivity contribution in [2.45, 2.75) is 6.92 Å². The first-order valence-corrected chi connectivity index (χ1v) is 8.50. The van der Waals surface area contributed by atoms with Gasteiger partial charge in [0.15, 0.2) is 5.78 Å². The molecule has 0 bridgehead atoms. The summed E-state index contributed by atoms with van der Waals surface area (Å²) in [5.41, 5.74) is 0.635. The van der Waals surface area contributed by atoms with Gasteiger partial charge in [-0.05, 0) is 54.7 Å². The molecule has 3 aromatic rings. The number of methoxy groups -OCH3 is 1. The molecule has 0 atom stereocenters. The number of hydrogen-bond acceptors (Lipinski definition) is 6. The Morgan fingerprint density at radius 1 is 1.04 bits per heavy atom. The summed E-state index contributed by atoms with van der Waals surface area (Å²) in [6, 6.07) is 12.0. The van der Waals surface area contributed by atoms with E-state index in [1.54, 1.807) is 55.8 Å². The predicted octanol–water partition coefficient (Wildman–Crippen LogP) is 5.59. The number of Topliss-reactive ketones (excluding diaryl/α,β-unsaturated/α-hetero) is 1. The van der Waals surface area contributed by atoms with Crippen molar-refractivity contribution < 1.29 is 19.0 Å². The number of hydrogen-bond donors (Lipinski definition) is 0. The van der Waals surface area contributed by atoms with Crippen molar-refractivity contribution in [1.82, 2.24) is 4.98 Å². The number of thiazole rings is 1. The van der Waals surface area contributed by atoms with Gasteiger partial charge >= 0.3 is 0 Å². The Kier molecular flexibility index (Phi) is 5.21. The van der Waals surface area contributed by atoms with Crippen LogP contribution >= 0.6 is 22.9 Å². The van der Waals surface area contributed by atoms with Gasteiger partial charge in [0.1, 0.15) is 17.2 Å². The molecule has 0 aliphatic carbocycles. The smallest absolute Gasteiger partial charge is 0.282 e. The molecule has 0 aliphatic rings. The molecule has 1 heterocycles. The third-order valence-electron chi connectivity index (χ3n) is 3.23. The fourth-order valence-corrected chi connectivity index (χ4v) is 2.90. The summed E-state index contributed by atoms with van der Waals surface area (Å²) in [6.45, 7) is 1.52. The zero-order chi connectivity index (χ0) is 17.8. The van der Waals surface area contributed by atoms with Gasteiger partial charge in [0, 0.05) is 16.7 Å². The lowest BCUT2D eigenvalue weighted by Crippen LogP contribution is -1.90.